The van der Waals surface area contributed by atoms with Crippen molar-refractivity contribution in [3.05, 3.63) is 0 Å². The van der Waals surface area contributed by atoms with Crippen molar-refractivity contribution in [2.45, 2.75) is 6.92 Å². The summed E-state index contributed by atoms with van der Waals surface area (Å²) in [5.41, 5.74) is 4.87. The Bertz CT molecular complexity index is 208. The molecule has 0 saturated carbocycles. The number of nitrogens with one attached hydrogen (secondary N) is 1. The zero-order valence-corrected chi connectivity index (χ0v) is 9.12. The van der Waals surface area contributed by atoms with Gasteiger partial charge in [0.2, 0.25) is 5.91 Å². The van der Waals surface area contributed by atoms with Gasteiger partial charge in [0.1, 0.15) is 6.61 Å². The molecule has 0 fully saturated rings. The summed E-state index contributed by atoms with van der Waals surface area (Å²) in [7, 11) is 1.36. The van der Waals surface area contributed by atoms with E-state index in [9.17, 15) is 9.59 Å². The molecule has 0 aliphatic heterocycles. The molecule has 0 aromatic rings. The van der Waals surface area contributed by atoms with Crippen LogP contribution in [0, 0.1) is 5.92 Å². The number of carbonyl (C=O) groups excluding carboxylic acids is 2. The van der Waals surface area contributed by atoms with Gasteiger partial charge in [-0.1, -0.05) is 6.92 Å². The van der Waals surface area contributed by atoms with Gasteiger partial charge in [0.05, 0.1) is 19.6 Å². The highest BCUT2D eigenvalue weighted by molar-refractivity contribution is 5.75. The van der Waals surface area contributed by atoms with E-state index in [1.165, 1.54) is 7.11 Å². The van der Waals surface area contributed by atoms with Gasteiger partial charge in [0.25, 0.3) is 0 Å². The van der Waals surface area contributed by atoms with Gasteiger partial charge in [-0.3, -0.25) is 9.59 Å². The van der Waals surface area contributed by atoms with Crippen LogP contribution < -0.4 is 11.1 Å². The Morgan fingerprint density at radius 2 is 2.13 bits per heavy atom. The molecule has 6 nitrogen and oxygen atoms in total. The van der Waals surface area contributed by atoms with Gasteiger partial charge < -0.3 is 20.5 Å². The summed E-state index contributed by atoms with van der Waals surface area (Å²) in [4.78, 5) is 21.3. The fourth-order valence-electron chi connectivity index (χ4n) is 0.920. The quantitative estimate of drug-likeness (QED) is 0.398. The van der Waals surface area contributed by atoms with Gasteiger partial charge in [0.15, 0.2) is 0 Å². The molecule has 0 bridgehead atoms. The van der Waals surface area contributed by atoms with Gasteiger partial charge in [-0.05, 0) is 0 Å². The van der Waals surface area contributed by atoms with Crippen LogP contribution in [0.4, 0.5) is 0 Å². The van der Waals surface area contributed by atoms with Crippen LogP contribution in [0.25, 0.3) is 0 Å². The summed E-state index contributed by atoms with van der Waals surface area (Å²) < 4.78 is 9.46. The van der Waals surface area contributed by atoms with Crippen LogP contribution in [0.3, 0.4) is 0 Å². The van der Waals surface area contributed by atoms with Crippen LogP contribution in [0.1, 0.15) is 6.92 Å². The fraction of sp³-hybridized carbons (Fsp3) is 0.778. The zero-order valence-electron chi connectivity index (χ0n) is 9.12. The van der Waals surface area contributed by atoms with Crippen LogP contribution in [-0.4, -0.2) is 45.3 Å². The lowest BCUT2D eigenvalue weighted by Crippen LogP contribution is -2.30. The smallest absolute Gasteiger partial charge is 0.309 e. The zero-order chi connectivity index (χ0) is 11.7. The molecule has 3 N–H and O–H groups in total. The monoisotopic (exact) mass is 218 g/mol. The highest BCUT2D eigenvalue weighted by Crippen LogP contribution is 1.94. The van der Waals surface area contributed by atoms with Crippen LogP contribution in [-0.2, 0) is 19.1 Å². The number of primary amides is 1. The maximum Gasteiger partial charge on any atom is 0.309 e. The molecule has 88 valence electrons. The number of rotatable bonds is 8. The summed E-state index contributed by atoms with van der Waals surface area (Å²) in [5, 5.41) is 3.00. The highest BCUT2D eigenvalue weighted by Gasteiger charge is 2.11. The second kappa shape index (κ2) is 8.19. The second-order valence-electron chi connectivity index (χ2n) is 3.15. The van der Waals surface area contributed by atoms with E-state index in [0.29, 0.717) is 19.7 Å². The number of hydrogen-bond donors (Lipinski definition) is 2. The molecule has 0 aliphatic carbocycles. The topological polar surface area (TPSA) is 90.7 Å². The number of nitrogens with two attached hydrogens (primary N) is 1. The summed E-state index contributed by atoms with van der Waals surface area (Å²) in [6, 6.07) is 0. The first-order valence-electron chi connectivity index (χ1n) is 4.72. The van der Waals surface area contributed by atoms with Gasteiger partial charge in [-0.15, -0.1) is 0 Å². The molecular weight excluding hydrogens is 200 g/mol. The molecule has 0 spiro atoms. The molecule has 1 amide bonds. The SMILES string of the molecule is COC(=O)C(C)CNCCOCC(N)=O. The van der Waals surface area contributed by atoms with Crippen molar-refractivity contribution in [2.24, 2.45) is 11.7 Å². The van der Waals surface area contributed by atoms with Crippen molar-refractivity contribution in [3.63, 3.8) is 0 Å². The normalized spacial score (nSPS) is 12.1. The van der Waals surface area contributed by atoms with E-state index in [-0.39, 0.29) is 18.5 Å². The summed E-state index contributed by atoms with van der Waals surface area (Å²) in [6.45, 7) is 3.16. The number of carbonyl (C=O) groups is 2. The lowest BCUT2D eigenvalue weighted by molar-refractivity contribution is -0.144. The Labute approximate surface area is 89.1 Å². The van der Waals surface area contributed by atoms with Crippen LogP contribution in [0.15, 0.2) is 0 Å². The van der Waals surface area contributed by atoms with E-state index in [0.717, 1.165) is 0 Å². The van der Waals surface area contributed by atoms with Crippen molar-refractivity contribution in [3.8, 4) is 0 Å². The lowest BCUT2D eigenvalue weighted by atomic mass is 10.2. The van der Waals surface area contributed by atoms with E-state index in [2.05, 4.69) is 10.1 Å². The van der Waals surface area contributed by atoms with E-state index in [1.807, 2.05) is 0 Å². The second-order valence-corrected chi connectivity index (χ2v) is 3.15. The third-order valence-electron chi connectivity index (χ3n) is 1.72. The molecule has 15 heavy (non-hydrogen) atoms. The first-order chi connectivity index (χ1) is 7.07. The Morgan fingerprint density at radius 3 is 2.67 bits per heavy atom. The Balaban J connectivity index is 3.31. The van der Waals surface area contributed by atoms with Crippen molar-refractivity contribution in [1.82, 2.24) is 5.32 Å². The van der Waals surface area contributed by atoms with Gasteiger partial charge in [0, 0.05) is 13.1 Å². The van der Waals surface area contributed by atoms with Crippen LogP contribution in [0.2, 0.25) is 0 Å². The number of methoxy groups -OCH3 is 1. The largest absolute Gasteiger partial charge is 0.469 e. The van der Waals surface area contributed by atoms with Gasteiger partial charge >= 0.3 is 5.97 Å². The van der Waals surface area contributed by atoms with E-state index in [1.54, 1.807) is 6.92 Å². The van der Waals surface area contributed by atoms with Crippen LogP contribution in [0.5, 0.6) is 0 Å². The third-order valence-corrected chi connectivity index (χ3v) is 1.72. The van der Waals surface area contributed by atoms with Crippen molar-refractivity contribution < 1.29 is 19.1 Å². The summed E-state index contributed by atoms with van der Waals surface area (Å²) >= 11 is 0. The number of hydrogen-bond acceptors (Lipinski definition) is 5. The van der Waals surface area contributed by atoms with Crippen molar-refractivity contribution >= 4 is 11.9 Å². The first kappa shape index (κ1) is 13.9. The molecule has 0 aromatic heterocycles. The minimum absolute atomic E-state index is 0.0752. The molecular formula is C9H18N2O4. The predicted molar refractivity (Wildman–Crippen MR) is 54.1 cm³/mol. The third kappa shape index (κ3) is 7.90. The molecule has 0 rings (SSSR count). The Kier molecular flexibility index (Phi) is 7.57. The average Bonchev–Trinajstić information content (AvgIpc) is 2.21. The number of esters is 1. The van der Waals surface area contributed by atoms with E-state index >= 15 is 0 Å². The number of amides is 1. The molecule has 1 atom stereocenters. The minimum atomic E-state index is -0.488. The lowest BCUT2D eigenvalue weighted by Gasteiger charge is -2.10. The Morgan fingerprint density at radius 1 is 1.47 bits per heavy atom. The molecule has 0 saturated heterocycles. The molecule has 0 aromatic carbocycles. The maximum absolute atomic E-state index is 11.0. The first-order valence-corrected chi connectivity index (χ1v) is 4.72. The van der Waals surface area contributed by atoms with E-state index in [4.69, 9.17) is 10.5 Å². The molecule has 0 radical (unpaired) electrons. The average molecular weight is 218 g/mol. The van der Waals surface area contributed by atoms with Crippen molar-refractivity contribution in [1.29, 1.82) is 0 Å². The standard InChI is InChI=1S/C9H18N2O4/c1-7(9(13)14-2)5-11-3-4-15-6-8(10)12/h7,11H,3-6H2,1-2H3,(H2,10,12). The Hall–Kier alpha value is -1.14. The minimum Gasteiger partial charge on any atom is -0.469 e. The highest BCUT2D eigenvalue weighted by atomic mass is 16.5. The van der Waals surface area contributed by atoms with Crippen molar-refractivity contribution in [2.75, 3.05) is 33.4 Å². The molecule has 0 aliphatic rings. The fourth-order valence-corrected chi connectivity index (χ4v) is 0.920. The van der Waals surface area contributed by atoms with Gasteiger partial charge in [-0.2, -0.15) is 0 Å². The maximum atomic E-state index is 11.0. The predicted octanol–water partition coefficient (Wildman–Crippen LogP) is -1.11. The van der Waals surface area contributed by atoms with E-state index < -0.39 is 5.91 Å². The molecule has 0 heterocycles. The summed E-state index contributed by atoms with van der Waals surface area (Å²) in [5.74, 6) is -0.926. The molecule has 1 unspecified atom stereocenters. The summed E-state index contributed by atoms with van der Waals surface area (Å²) in [6.07, 6.45) is 0. The van der Waals surface area contributed by atoms with Crippen LogP contribution >= 0.6 is 0 Å². The molecule has 6 heteroatoms. The van der Waals surface area contributed by atoms with Gasteiger partial charge in [-0.25, -0.2) is 0 Å². The number of ether oxygens (including phenoxy) is 2.